The Morgan fingerprint density at radius 3 is 2.60 bits per heavy atom. The van der Waals surface area contributed by atoms with Crippen molar-refractivity contribution in [3.8, 4) is 5.75 Å². The summed E-state index contributed by atoms with van der Waals surface area (Å²) in [6.45, 7) is 3.92. The van der Waals surface area contributed by atoms with Gasteiger partial charge in [-0.05, 0) is 19.0 Å². The summed E-state index contributed by atoms with van der Waals surface area (Å²) in [7, 11) is 0.438. The summed E-state index contributed by atoms with van der Waals surface area (Å²) in [5.41, 5.74) is 0. The number of hydrogen-bond donors (Lipinski definition) is 1. The second-order valence-electron chi connectivity index (χ2n) is 3.22. The first-order valence-corrected chi connectivity index (χ1v) is 6.64. The van der Waals surface area contributed by atoms with E-state index < -0.39 is 9.04 Å². The van der Waals surface area contributed by atoms with Gasteiger partial charge in [-0.25, -0.2) is 0 Å². The van der Waals surface area contributed by atoms with Crippen molar-refractivity contribution in [3.05, 3.63) is 24.3 Å². The van der Waals surface area contributed by atoms with Gasteiger partial charge in [0.2, 0.25) is 0 Å². The number of para-hydroxylation sites is 1. The lowest BCUT2D eigenvalue weighted by Crippen LogP contribution is -2.36. The van der Waals surface area contributed by atoms with E-state index in [9.17, 15) is 5.11 Å². The fraction of sp³-hybridized carbons (Fsp3) is 0.455. The largest absolute Gasteiger partial charge is 0.508 e. The Labute approximate surface area is 92.4 Å². The van der Waals surface area contributed by atoms with E-state index >= 15 is 0 Å². The minimum Gasteiger partial charge on any atom is -0.508 e. The normalized spacial score (nSPS) is 13.1. The first kappa shape index (κ1) is 12.2. The molecule has 1 radical (unpaired) electrons. The number of aromatic hydroxyl groups is 1. The highest BCUT2D eigenvalue weighted by atomic mass is 28.3. The molecule has 1 rings (SSSR count). The molecule has 0 spiro atoms. The number of phenolic OH excluding ortho intramolecular Hbond substituents is 1. The molecule has 4 heteroatoms. The van der Waals surface area contributed by atoms with Gasteiger partial charge >= 0.3 is 0 Å². The standard InChI is InChI=1S/C11H17O3Si/c1-4-15(14-9(2)13-3)11-8-6-5-7-10(11)12/h5-9,12H,4H2,1-3H3. The van der Waals surface area contributed by atoms with Crippen LogP contribution in [0.25, 0.3) is 0 Å². The highest BCUT2D eigenvalue weighted by Crippen LogP contribution is 2.09. The molecular weight excluding hydrogens is 208 g/mol. The van der Waals surface area contributed by atoms with Crippen LogP contribution >= 0.6 is 0 Å². The predicted octanol–water partition coefficient (Wildman–Crippen LogP) is 1.62. The SMILES string of the molecule is CC[Si](OC(C)OC)c1ccccc1O. The van der Waals surface area contributed by atoms with Crippen LogP contribution in [0, 0.1) is 0 Å². The van der Waals surface area contributed by atoms with E-state index in [-0.39, 0.29) is 6.29 Å². The van der Waals surface area contributed by atoms with Crippen molar-refractivity contribution in [1.29, 1.82) is 0 Å². The van der Waals surface area contributed by atoms with E-state index in [2.05, 4.69) is 6.92 Å². The first-order chi connectivity index (χ1) is 7.19. The summed E-state index contributed by atoms with van der Waals surface area (Å²) in [5.74, 6) is 0.316. The number of hydrogen-bond acceptors (Lipinski definition) is 3. The molecule has 83 valence electrons. The van der Waals surface area contributed by atoms with Crippen LogP contribution in [0.5, 0.6) is 5.75 Å². The molecule has 1 aromatic rings. The molecule has 0 aliphatic carbocycles. The monoisotopic (exact) mass is 225 g/mol. The summed E-state index contributed by atoms with van der Waals surface area (Å²) in [6.07, 6.45) is -0.224. The molecule has 1 unspecified atom stereocenters. The zero-order valence-electron chi connectivity index (χ0n) is 9.36. The van der Waals surface area contributed by atoms with Crippen LogP contribution in [0.2, 0.25) is 6.04 Å². The Hall–Kier alpha value is -0.843. The third-order valence-electron chi connectivity index (χ3n) is 2.17. The van der Waals surface area contributed by atoms with Crippen LogP contribution in [-0.4, -0.2) is 27.5 Å². The number of rotatable bonds is 5. The van der Waals surface area contributed by atoms with E-state index in [0.29, 0.717) is 5.75 Å². The Morgan fingerprint density at radius 2 is 2.07 bits per heavy atom. The fourth-order valence-corrected chi connectivity index (χ4v) is 3.12. The minimum absolute atomic E-state index is 0.224. The topological polar surface area (TPSA) is 38.7 Å². The highest BCUT2D eigenvalue weighted by molar-refractivity contribution is 6.68. The van der Waals surface area contributed by atoms with E-state index in [1.807, 2.05) is 25.1 Å². The maximum Gasteiger partial charge on any atom is 0.253 e. The molecule has 0 fully saturated rings. The maximum absolute atomic E-state index is 9.70. The van der Waals surface area contributed by atoms with Crippen molar-refractivity contribution in [3.63, 3.8) is 0 Å². The van der Waals surface area contributed by atoms with Crippen LogP contribution in [0.4, 0.5) is 0 Å². The molecule has 0 bridgehead atoms. The zero-order valence-corrected chi connectivity index (χ0v) is 10.4. The average Bonchev–Trinajstić information content (AvgIpc) is 2.26. The molecule has 15 heavy (non-hydrogen) atoms. The molecule has 0 aromatic heterocycles. The second kappa shape index (κ2) is 5.90. The van der Waals surface area contributed by atoms with Crippen molar-refractivity contribution in [2.24, 2.45) is 0 Å². The smallest absolute Gasteiger partial charge is 0.253 e. The lowest BCUT2D eigenvalue weighted by atomic mass is 10.3. The van der Waals surface area contributed by atoms with Crippen molar-refractivity contribution in [2.45, 2.75) is 26.2 Å². The van der Waals surface area contributed by atoms with Gasteiger partial charge in [0.1, 0.15) is 12.0 Å². The quantitative estimate of drug-likeness (QED) is 0.611. The van der Waals surface area contributed by atoms with Crippen molar-refractivity contribution < 1.29 is 14.3 Å². The van der Waals surface area contributed by atoms with Crippen LogP contribution in [0.1, 0.15) is 13.8 Å². The minimum atomic E-state index is -1.18. The Kier molecular flexibility index (Phi) is 4.81. The van der Waals surface area contributed by atoms with Crippen LogP contribution < -0.4 is 5.19 Å². The summed E-state index contributed by atoms with van der Waals surface area (Å²) < 4.78 is 10.8. The molecule has 0 amide bonds. The fourth-order valence-electron chi connectivity index (χ4n) is 1.30. The predicted molar refractivity (Wildman–Crippen MR) is 61.5 cm³/mol. The van der Waals surface area contributed by atoms with Crippen molar-refractivity contribution in [1.82, 2.24) is 0 Å². The second-order valence-corrected chi connectivity index (χ2v) is 5.54. The van der Waals surface area contributed by atoms with E-state index in [0.717, 1.165) is 11.2 Å². The average molecular weight is 225 g/mol. The highest BCUT2D eigenvalue weighted by Gasteiger charge is 2.19. The summed E-state index contributed by atoms with van der Waals surface area (Å²) >= 11 is 0. The van der Waals surface area contributed by atoms with Gasteiger partial charge < -0.3 is 14.3 Å². The molecule has 3 nitrogen and oxygen atoms in total. The summed E-state index contributed by atoms with van der Waals surface area (Å²) in [4.78, 5) is 0. The maximum atomic E-state index is 9.70. The molecular formula is C11H17O3Si. The van der Waals surface area contributed by atoms with Crippen LogP contribution in [-0.2, 0) is 9.16 Å². The van der Waals surface area contributed by atoms with Crippen LogP contribution in [0.3, 0.4) is 0 Å². The molecule has 1 atom stereocenters. The van der Waals surface area contributed by atoms with Gasteiger partial charge in [0, 0.05) is 12.3 Å². The van der Waals surface area contributed by atoms with Crippen molar-refractivity contribution >= 4 is 14.2 Å². The number of ether oxygens (including phenoxy) is 1. The molecule has 1 N–H and O–H groups in total. The van der Waals surface area contributed by atoms with Crippen LogP contribution in [0.15, 0.2) is 24.3 Å². The zero-order chi connectivity index (χ0) is 11.3. The molecule has 0 saturated heterocycles. The Balaban J connectivity index is 2.78. The lowest BCUT2D eigenvalue weighted by molar-refractivity contribution is -0.0397. The molecule has 1 aromatic carbocycles. The van der Waals surface area contributed by atoms with E-state index in [4.69, 9.17) is 9.16 Å². The lowest BCUT2D eigenvalue weighted by Gasteiger charge is -2.19. The summed E-state index contributed by atoms with van der Waals surface area (Å²) in [6, 6.07) is 8.23. The first-order valence-electron chi connectivity index (χ1n) is 5.02. The molecule has 0 aliphatic heterocycles. The summed E-state index contributed by atoms with van der Waals surface area (Å²) in [5, 5.41) is 10.6. The third kappa shape index (κ3) is 3.34. The van der Waals surface area contributed by atoms with Gasteiger partial charge in [0.15, 0.2) is 0 Å². The number of benzene rings is 1. The number of phenols is 1. The Morgan fingerprint density at radius 1 is 1.40 bits per heavy atom. The van der Waals surface area contributed by atoms with E-state index in [1.165, 1.54) is 0 Å². The van der Waals surface area contributed by atoms with Gasteiger partial charge in [-0.3, -0.25) is 0 Å². The third-order valence-corrected chi connectivity index (χ3v) is 4.45. The van der Waals surface area contributed by atoms with Gasteiger partial charge in [-0.1, -0.05) is 25.1 Å². The Bertz CT molecular complexity index is 304. The van der Waals surface area contributed by atoms with Gasteiger partial charge in [0.25, 0.3) is 9.04 Å². The molecule has 0 saturated carbocycles. The molecule has 0 aliphatic rings. The van der Waals surface area contributed by atoms with Gasteiger partial charge in [0.05, 0.1) is 0 Å². The van der Waals surface area contributed by atoms with Gasteiger partial charge in [-0.2, -0.15) is 0 Å². The van der Waals surface area contributed by atoms with E-state index in [1.54, 1.807) is 13.2 Å². The number of methoxy groups -OCH3 is 1. The molecule has 0 heterocycles. The van der Waals surface area contributed by atoms with Crippen molar-refractivity contribution in [2.75, 3.05) is 7.11 Å². The van der Waals surface area contributed by atoms with Gasteiger partial charge in [-0.15, -0.1) is 0 Å².